The predicted molar refractivity (Wildman–Crippen MR) is 130 cm³/mol. The molecule has 8 heteroatoms. The van der Waals surface area contributed by atoms with Gasteiger partial charge >= 0.3 is 12.1 Å². The molecule has 0 bridgehead atoms. The highest BCUT2D eigenvalue weighted by molar-refractivity contribution is 6.30. The molecule has 0 amide bonds. The first-order valence-corrected chi connectivity index (χ1v) is 11.6. The number of carboxylic acid groups (broad SMARTS) is 1. The summed E-state index contributed by atoms with van der Waals surface area (Å²) < 4.78 is 11.0. The topological polar surface area (TPSA) is 85.3 Å². The molecule has 0 spiro atoms. The Morgan fingerprint density at radius 3 is 2.63 bits per heavy atom. The fourth-order valence-corrected chi connectivity index (χ4v) is 4.42. The maximum absolute atomic E-state index is 12.7. The number of rotatable bonds is 7. The van der Waals surface area contributed by atoms with E-state index < -0.39 is 24.8 Å². The lowest BCUT2D eigenvalue weighted by Crippen LogP contribution is -2.38. The summed E-state index contributed by atoms with van der Waals surface area (Å²) in [7, 11) is 0. The van der Waals surface area contributed by atoms with Gasteiger partial charge in [-0.3, -0.25) is 0 Å². The predicted octanol–water partition coefficient (Wildman–Crippen LogP) is 5.64. The molecule has 35 heavy (non-hydrogen) atoms. The van der Waals surface area contributed by atoms with E-state index >= 15 is 0 Å². The highest BCUT2D eigenvalue weighted by Crippen LogP contribution is 2.40. The first-order chi connectivity index (χ1) is 16.8. The summed E-state index contributed by atoms with van der Waals surface area (Å²) in [6, 6.07) is 18.1. The molecule has 4 rings (SSSR count). The lowest BCUT2D eigenvalue weighted by atomic mass is 9.89. The molecule has 3 aromatic rings. The van der Waals surface area contributed by atoms with Gasteiger partial charge in [-0.1, -0.05) is 59.6 Å². The van der Waals surface area contributed by atoms with Gasteiger partial charge in [-0.2, -0.15) is 0 Å². The maximum atomic E-state index is 12.7. The van der Waals surface area contributed by atoms with Crippen LogP contribution in [0.1, 0.15) is 39.4 Å². The molecular formula is C27H26ClNO6. The van der Waals surface area contributed by atoms with Crippen LogP contribution in [0.15, 0.2) is 60.7 Å². The number of hydrogen-bond acceptors (Lipinski definition) is 6. The quantitative estimate of drug-likeness (QED) is 0.425. The van der Waals surface area contributed by atoms with Gasteiger partial charge in [-0.25, -0.2) is 9.59 Å². The molecule has 1 N–H and O–H groups in total. The van der Waals surface area contributed by atoms with Gasteiger partial charge in [0.25, 0.3) is 0 Å². The number of aliphatic carboxylic acids is 1. The zero-order chi connectivity index (χ0) is 24.9. The van der Waals surface area contributed by atoms with Gasteiger partial charge in [0.15, 0.2) is 6.61 Å². The zero-order valence-corrected chi connectivity index (χ0v) is 20.2. The van der Waals surface area contributed by atoms with Crippen LogP contribution in [0.25, 0.3) is 0 Å². The van der Waals surface area contributed by atoms with Crippen molar-refractivity contribution in [2.75, 3.05) is 13.2 Å². The van der Waals surface area contributed by atoms with Crippen molar-refractivity contribution in [2.45, 2.75) is 32.9 Å². The molecular weight excluding hydrogens is 470 g/mol. The van der Waals surface area contributed by atoms with Crippen molar-refractivity contribution in [1.29, 1.82) is 0 Å². The van der Waals surface area contributed by atoms with Crippen LogP contribution in [0.4, 0.5) is 4.79 Å². The number of hydrogen-bond donors (Lipinski definition) is 1. The van der Waals surface area contributed by atoms with Crippen LogP contribution in [0.2, 0.25) is 5.02 Å². The number of halogens is 1. The van der Waals surface area contributed by atoms with Crippen molar-refractivity contribution >= 4 is 23.7 Å². The Kier molecular flexibility index (Phi) is 7.58. The molecule has 0 saturated carbocycles. The van der Waals surface area contributed by atoms with Crippen LogP contribution < -0.4 is 4.74 Å². The fourth-order valence-electron chi connectivity index (χ4n) is 4.23. The molecule has 7 nitrogen and oxygen atoms in total. The first kappa shape index (κ1) is 24.6. The van der Waals surface area contributed by atoms with E-state index in [9.17, 15) is 9.59 Å². The second kappa shape index (κ2) is 10.8. The minimum absolute atomic E-state index is 0.0875. The number of carbonyl (C=O) groups is 2. The summed E-state index contributed by atoms with van der Waals surface area (Å²) in [4.78, 5) is 29.5. The Morgan fingerprint density at radius 2 is 1.86 bits per heavy atom. The van der Waals surface area contributed by atoms with Crippen molar-refractivity contribution < 1.29 is 29.0 Å². The van der Waals surface area contributed by atoms with Gasteiger partial charge in [-0.05, 0) is 60.7 Å². The average molecular weight is 496 g/mol. The van der Waals surface area contributed by atoms with Crippen LogP contribution in [0, 0.1) is 13.8 Å². The molecule has 3 aromatic carbocycles. The number of carboxylic acids is 1. The molecule has 0 saturated heterocycles. The molecule has 0 aliphatic carbocycles. The molecule has 182 valence electrons. The second-order valence-electron chi connectivity index (χ2n) is 8.42. The van der Waals surface area contributed by atoms with E-state index in [1.54, 1.807) is 18.2 Å². The SMILES string of the molecule is Cc1ccc(COC(=O)ON2CCc3ccccc3C2c2cc(Cl)ccc2OCC(=O)O)c(C)c1. The number of hydroxylamine groups is 2. The summed E-state index contributed by atoms with van der Waals surface area (Å²) >= 11 is 6.30. The van der Waals surface area contributed by atoms with Crippen molar-refractivity contribution in [1.82, 2.24) is 5.06 Å². The van der Waals surface area contributed by atoms with Crippen molar-refractivity contribution in [3.05, 3.63) is 99.1 Å². The summed E-state index contributed by atoms with van der Waals surface area (Å²) in [5.41, 5.74) is 5.64. The summed E-state index contributed by atoms with van der Waals surface area (Å²) in [5, 5.41) is 11.1. The van der Waals surface area contributed by atoms with Crippen LogP contribution in [0.3, 0.4) is 0 Å². The number of fused-ring (bicyclic) bond motifs is 1. The zero-order valence-electron chi connectivity index (χ0n) is 19.5. The van der Waals surface area contributed by atoms with Crippen molar-refractivity contribution in [3.63, 3.8) is 0 Å². The Labute approximate surface area is 208 Å². The third-order valence-corrected chi connectivity index (χ3v) is 6.13. The second-order valence-corrected chi connectivity index (χ2v) is 8.85. The minimum atomic E-state index is -1.10. The Hall–Kier alpha value is -3.55. The molecule has 0 fully saturated rings. The van der Waals surface area contributed by atoms with E-state index in [1.807, 2.05) is 56.3 Å². The molecule has 1 heterocycles. The van der Waals surface area contributed by atoms with Crippen molar-refractivity contribution in [2.24, 2.45) is 0 Å². The Bertz CT molecular complexity index is 1240. The molecule has 0 aromatic heterocycles. The lowest BCUT2D eigenvalue weighted by Gasteiger charge is -2.36. The van der Waals surface area contributed by atoms with Crippen LogP contribution >= 0.6 is 11.6 Å². The number of benzene rings is 3. The molecule has 1 aliphatic heterocycles. The van der Waals surface area contributed by atoms with E-state index in [0.717, 1.165) is 27.8 Å². The van der Waals surface area contributed by atoms with Crippen LogP contribution in [-0.4, -0.2) is 35.4 Å². The average Bonchev–Trinajstić information content (AvgIpc) is 2.82. The number of ether oxygens (including phenoxy) is 2. The smallest absolute Gasteiger partial charge is 0.482 e. The molecule has 1 unspecified atom stereocenters. The lowest BCUT2D eigenvalue weighted by molar-refractivity contribution is -0.152. The Balaban J connectivity index is 1.60. The first-order valence-electron chi connectivity index (χ1n) is 11.2. The third-order valence-electron chi connectivity index (χ3n) is 5.89. The highest BCUT2D eigenvalue weighted by Gasteiger charge is 2.34. The molecule has 1 aliphatic rings. The van der Waals surface area contributed by atoms with Gasteiger partial charge in [0.1, 0.15) is 12.4 Å². The van der Waals surface area contributed by atoms with Gasteiger partial charge < -0.3 is 19.4 Å². The maximum Gasteiger partial charge on any atom is 0.528 e. The number of aryl methyl sites for hydroxylation is 2. The van der Waals surface area contributed by atoms with E-state index in [-0.39, 0.29) is 6.61 Å². The van der Waals surface area contributed by atoms with Crippen LogP contribution in [-0.2, 0) is 27.4 Å². The Morgan fingerprint density at radius 1 is 1.06 bits per heavy atom. The van der Waals surface area contributed by atoms with Gasteiger partial charge in [0.2, 0.25) is 0 Å². The highest BCUT2D eigenvalue weighted by atomic mass is 35.5. The normalized spacial score (nSPS) is 15.2. The van der Waals surface area contributed by atoms with E-state index in [0.29, 0.717) is 29.3 Å². The van der Waals surface area contributed by atoms with Crippen molar-refractivity contribution in [3.8, 4) is 5.75 Å². The standard InChI is InChI=1S/C27H26ClNO6/c1-17-7-8-20(18(2)13-17)15-34-27(32)35-29-12-11-19-5-3-4-6-22(19)26(29)23-14-21(28)9-10-24(23)33-16-25(30)31/h3-10,13-14,26H,11-12,15-16H2,1-2H3,(H,30,31). The minimum Gasteiger partial charge on any atom is -0.482 e. The summed E-state index contributed by atoms with van der Waals surface area (Å²) in [5.74, 6) is -0.756. The molecule has 1 atom stereocenters. The molecule has 0 radical (unpaired) electrons. The monoisotopic (exact) mass is 495 g/mol. The number of carbonyl (C=O) groups excluding carboxylic acids is 1. The van der Waals surface area contributed by atoms with E-state index in [1.165, 1.54) is 5.06 Å². The number of nitrogens with zero attached hydrogens (tertiary/aromatic N) is 1. The third kappa shape index (κ3) is 5.93. The van der Waals surface area contributed by atoms with Gasteiger partial charge in [0.05, 0.1) is 6.04 Å². The fraction of sp³-hybridized carbons (Fsp3) is 0.259. The summed E-state index contributed by atoms with van der Waals surface area (Å²) in [6.07, 6.45) is -0.174. The summed E-state index contributed by atoms with van der Waals surface area (Å²) in [6.45, 7) is 3.95. The van der Waals surface area contributed by atoms with Gasteiger partial charge in [-0.15, -0.1) is 5.06 Å². The van der Waals surface area contributed by atoms with Gasteiger partial charge in [0, 0.05) is 17.1 Å². The van der Waals surface area contributed by atoms with Crippen LogP contribution in [0.5, 0.6) is 5.75 Å². The largest absolute Gasteiger partial charge is 0.528 e. The van der Waals surface area contributed by atoms with E-state index in [4.69, 9.17) is 31.0 Å². The van der Waals surface area contributed by atoms with E-state index in [2.05, 4.69) is 0 Å².